The predicted molar refractivity (Wildman–Crippen MR) is 104 cm³/mol. The van der Waals surface area contributed by atoms with Gasteiger partial charge in [-0.2, -0.15) is 0 Å². The van der Waals surface area contributed by atoms with Gasteiger partial charge in [0.25, 0.3) is 0 Å². The highest BCUT2D eigenvalue weighted by Gasteiger charge is 2.31. The SMILES string of the molecule is C=C(C1C=CC=CC1)N(/C(=C/CCN)CC)C1C=CC(C)CC1N. The summed E-state index contributed by atoms with van der Waals surface area (Å²) in [5.41, 5.74) is 14.7. The van der Waals surface area contributed by atoms with E-state index in [9.17, 15) is 0 Å². The molecule has 0 fully saturated rings. The topological polar surface area (TPSA) is 55.3 Å². The molecule has 3 nitrogen and oxygen atoms in total. The summed E-state index contributed by atoms with van der Waals surface area (Å²) in [6, 6.07) is 0.301. The van der Waals surface area contributed by atoms with Crippen LogP contribution in [0.3, 0.4) is 0 Å². The molecule has 0 aromatic heterocycles. The lowest BCUT2D eigenvalue weighted by molar-refractivity contribution is 0.263. The molecule has 2 rings (SSSR count). The first-order chi connectivity index (χ1) is 11.6. The Morgan fingerprint density at radius 3 is 2.67 bits per heavy atom. The Morgan fingerprint density at radius 2 is 2.08 bits per heavy atom. The zero-order valence-electron chi connectivity index (χ0n) is 15.2. The third-order valence-electron chi connectivity index (χ3n) is 4.95. The van der Waals surface area contributed by atoms with Gasteiger partial charge in [-0.05, 0) is 38.1 Å². The van der Waals surface area contributed by atoms with Crippen LogP contribution >= 0.6 is 0 Å². The average molecular weight is 328 g/mol. The van der Waals surface area contributed by atoms with E-state index in [-0.39, 0.29) is 12.1 Å². The monoisotopic (exact) mass is 327 g/mol. The maximum Gasteiger partial charge on any atom is 0.0667 e. The van der Waals surface area contributed by atoms with Gasteiger partial charge in [-0.15, -0.1) is 0 Å². The van der Waals surface area contributed by atoms with E-state index < -0.39 is 0 Å². The Hall–Kier alpha value is -1.58. The van der Waals surface area contributed by atoms with Crippen molar-refractivity contribution in [1.29, 1.82) is 0 Å². The van der Waals surface area contributed by atoms with Gasteiger partial charge in [0, 0.05) is 23.4 Å². The number of nitrogens with zero attached hydrogens (tertiary/aromatic N) is 1. The number of rotatable bonds is 7. The Balaban J connectivity index is 2.33. The van der Waals surface area contributed by atoms with Crippen LogP contribution in [-0.4, -0.2) is 23.5 Å². The molecule has 0 aromatic rings. The maximum atomic E-state index is 6.54. The normalized spacial score (nSPS) is 29.8. The quantitative estimate of drug-likeness (QED) is 0.698. The molecular formula is C21H33N3. The van der Waals surface area contributed by atoms with Gasteiger partial charge in [0.1, 0.15) is 0 Å². The van der Waals surface area contributed by atoms with Crippen LogP contribution in [0, 0.1) is 11.8 Å². The lowest BCUT2D eigenvalue weighted by Gasteiger charge is -2.42. The number of hydrogen-bond acceptors (Lipinski definition) is 3. The van der Waals surface area contributed by atoms with Crippen LogP contribution in [-0.2, 0) is 0 Å². The minimum atomic E-state index is 0.123. The van der Waals surface area contributed by atoms with Gasteiger partial charge >= 0.3 is 0 Å². The van der Waals surface area contributed by atoms with Crippen molar-refractivity contribution in [2.24, 2.45) is 23.3 Å². The molecule has 0 amide bonds. The molecule has 4 N–H and O–H groups in total. The van der Waals surface area contributed by atoms with Crippen LogP contribution in [0.2, 0.25) is 0 Å². The Labute approximate surface area is 147 Å². The zero-order chi connectivity index (χ0) is 17.5. The van der Waals surface area contributed by atoms with E-state index in [0.29, 0.717) is 18.4 Å². The summed E-state index contributed by atoms with van der Waals surface area (Å²) in [6.07, 6.45) is 19.4. The Bertz CT molecular complexity index is 541. The van der Waals surface area contributed by atoms with Crippen molar-refractivity contribution < 1.29 is 0 Å². The van der Waals surface area contributed by atoms with Crippen molar-refractivity contribution in [3.05, 3.63) is 60.5 Å². The third kappa shape index (κ3) is 4.49. The standard InChI is InChI=1S/C21H33N3/c1-4-19(11-8-14-22)24(17(3)18-9-6-5-7-10-18)21-13-12-16(2)15-20(21)23/h5-7,9,11-13,16,18,20-21H,3-4,8,10,14-15,22-23H2,1-2H3/b19-11+. The summed E-state index contributed by atoms with van der Waals surface area (Å²) < 4.78 is 0. The predicted octanol–water partition coefficient (Wildman–Crippen LogP) is 3.87. The Kier molecular flexibility index (Phi) is 7.07. The minimum Gasteiger partial charge on any atom is -0.341 e. The second-order valence-electron chi connectivity index (χ2n) is 6.90. The van der Waals surface area contributed by atoms with E-state index in [1.54, 1.807) is 0 Å². The number of allylic oxidation sites excluding steroid dienone is 6. The molecule has 0 radical (unpaired) electrons. The molecule has 0 aliphatic heterocycles. The summed E-state index contributed by atoms with van der Waals surface area (Å²) in [5.74, 6) is 0.879. The smallest absolute Gasteiger partial charge is 0.0667 e. The molecule has 2 aliphatic carbocycles. The van der Waals surface area contributed by atoms with Crippen molar-refractivity contribution in [2.75, 3.05) is 6.54 Å². The summed E-state index contributed by atoms with van der Waals surface area (Å²) in [5, 5.41) is 0. The first-order valence-corrected chi connectivity index (χ1v) is 9.22. The second-order valence-corrected chi connectivity index (χ2v) is 6.90. The summed E-state index contributed by atoms with van der Waals surface area (Å²) in [6.45, 7) is 9.55. The van der Waals surface area contributed by atoms with Crippen molar-refractivity contribution in [3.8, 4) is 0 Å². The van der Waals surface area contributed by atoms with E-state index >= 15 is 0 Å². The molecule has 24 heavy (non-hydrogen) atoms. The van der Waals surface area contributed by atoms with Crippen LogP contribution in [0.25, 0.3) is 0 Å². The van der Waals surface area contributed by atoms with E-state index in [1.165, 1.54) is 5.70 Å². The zero-order valence-corrected chi connectivity index (χ0v) is 15.2. The average Bonchev–Trinajstić information content (AvgIpc) is 2.60. The van der Waals surface area contributed by atoms with Crippen LogP contribution in [0.5, 0.6) is 0 Å². The first kappa shape index (κ1) is 18.8. The second kappa shape index (κ2) is 9.05. The van der Waals surface area contributed by atoms with Crippen molar-refractivity contribution >= 4 is 0 Å². The fourth-order valence-electron chi connectivity index (χ4n) is 3.61. The lowest BCUT2D eigenvalue weighted by Crippen LogP contribution is -2.48. The van der Waals surface area contributed by atoms with Gasteiger partial charge in [0.15, 0.2) is 0 Å². The van der Waals surface area contributed by atoms with Gasteiger partial charge in [0.05, 0.1) is 6.04 Å². The number of hydrogen-bond donors (Lipinski definition) is 2. The largest absolute Gasteiger partial charge is 0.341 e. The summed E-state index contributed by atoms with van der Waals surface area (Å²) >= 11 is 0. The van der Waals surface area contributed by atoms with Gasteiger partial charge in [-0.3, -0.25) is 0 Å². The molecule has 0 spiro atoms. The van der Waals surface area contributed by atoms with Crippen molar-refractivity contribution in [1.82, 2.24) is 4.90 Å². The van der Waals surface area contributed by atoms with E-state index in [2.05, 4.69) is 67.9 Å². The molecule has 0 saturated carbocycles. The highest BCUT2D eigenvalue weighted by molar-refractivity contribution is 5.26. The van der Waals surface area contributed by atoms with E-state index in [1.807, 2.05) is 0 Å². The van der Waals surface area contributed by atoms with E-state index in [4.69, 9.17) is 11.5 Å². The molecule has 3 heteroatoms. The fraction of sp³-hybridized carbons (Fsp3) is 0.524. The van der Waals surface area contributed by atoms with Crippen molar-refractivity contribution in [2.45, 2.75) is 51.6 Å². The van der Waals surface area contributed by atoms with Crippen LogP contribution in [0.15, 0.2) is 60.5 Å². The van der Waals surface area contributed by atoms with Crippen LogP contribution in [0.1, 0.15) is 39.5 Å². The minimum absolute atomic E-state index is 0.123. The molecule has 0 aromatic carbocycles. The summed E-state index contributed by atoms with van der Waals surface area (Å²) in [7, 11) is 0. The van der Waals surface area contributed by atoms with Gasteiger partial charge in [-0.1, -0.05) is 63.0 Å². The summed E-state index contributed by atoms with van der Waals surface area (Å²) in [4.78, 5) is 2.39. The first-order valence-electron chi connectivity index (χ1n) is 9.22. The molecular weight excluding hydrogens is 294 g/mol. The maximum absolute atomic E-state index is 6.54. The van der Waals surface area contributed by atoms with Gasteiger partial charge in [0.2, 0.25) is 0 Å². The lowest BCUT2D eigenvalue weighted by atomic mass is 9.87. The molecule has 132 valence electrons. The molecule has 4 atom stereocenters. The highest BCUT2D eigenvalue weighted by Crippen LogP contribution is 2.33. The fourth-order valence-corrected chi connectivity index (χ4v) is 3.61. The van der Waals surface area contributed by atoms with Crippen LogP contribution < -0.4 is 11.5 Å². The third-order valence-corrected chi connectivity index (χ3v) is 4.95. The molecule has 0 bridgehead atoms. The molecule has 0 heterocycles. The number of nitrogens with two attached hydrogens (primary N) is 2. The Morgan fingerprint density at radius 1 is 1.29 bits per heavy atom. The molecule has 2 aliphatic rings. The highest BCUT2D eigenvalue weighted by atomic mass is 15.2. The van der Waals surface area contributed by atoms with Gasteiger partial charge < -0.3 is 16.4 Å². The van der Waals surface area contributed by atoms with E-state index in [0.717, 1.165) is 31.4 Å². The van der Waals surface area contributed by atoms with Gasteiger partial charge in [-0.25, -0.2) is 0 Å². The van der Waals surface area contributed by atoms with Crippen molar-refractivity contribution in [3.63, 3.8) is 0 Å². The van der Waals surface area contributed by atoms with Crippen LogP contribution in [0.4, 0.5) is 0 Å². The molecule has 0 saturated heterocycles. The molecule has 4 unspecified atom stereocenters.